The van der Waals surface area contributed by atoms with Crippen molar-refractivity contribution >= 4 is 39.3 Å². The lowest BCUT2D eigenvalue weighted by Gasteiger charge is -2.21. The number of sulfonamides is 1. The fraction of sp³-hybridized carbons (Fsp3) is 0.364. The molecular formula is C22H26ClN5O3S. The Balaban J connectivity index is 1.53. The zero-order valence-electron chi connectivity index (χ0n) is 17.8. The second-order valence-corrected chi connectivity index (χ2v) is 10.2. The molecule has 8 nitrogen and oxygen atoms in total. The minimum Gasteiger partial charge on any atom is -0.369 e. The van der Waals surface area contributed by atoms with E-state index in [1.54, 1.807) is 35.2 Å². The minimum atomic E-state index is -3.89. The topological polar surface area (TPSA) is 108 Å². The van der Waals surface area contributed by atoms with Crippen LogP contribution in [0.1, 0.15) is 36.9 Å². The highest BCUT2D eigenvalue weighted by atomic mass is 35.5. The molecule has 2 heterocycles. The minimum absolute atomic E-state index is 0.0487. The number of fused-ring (bicyclic) bond motifs is 1. The van der Waals surface area contributed by atoms with Gasteiger partial charge in [-0.05, 0) is 54.3 Å². The molecule has 170 valence electrons. The summed E-state index contributed by atoms with van der Waals surface area (Å²) < 4.78 is 27.8. The van der Waals surface area contributed by atoms with Gasteiger partial charge in [-0.3, -0.25) is 4.90 Å². The molecule has 10 heteroatoms. The van der Waals surface area contributed by atoms with Gasteiger partial charge in [0.1, 0.15) is 0 Å². The molecule has 0 aromatic heterocycles. The van der Waals surface area contributed by atoms with Gasteiger partial charge in [-0.1, -0.05) is 37.1 Å². The highest BCUT2D eigenvalue weighted by molar-refractivity contribution is 7.89. The van der Waals surface area contributed by atoms with Crippen molar-refractivity contribution in [1.29, 1.82) is 0 Å². The normalized spacial score (nSPS) is 17.9. The number of benzene rings is 2. The van der Waals surface area contributed by atoms with Crippen molar-refractivity contribution in [3.63, 3.8) is 0 Å². The number of nitrogens with two attached hydrogens (primary N) is 1. The van der Waals surface area contributed by atoms with E-state index >= 15 is 0 Å². The monoisotopic (exact) mass is 475 g/mol. The first-order chi connectivity index (χ1) is 15.3. The third-order valence-corrected chi connectivity index (χ3v) is 7.70. The van der Waals surface area contributed by atoms with Gasteiger partial charge < -0.3 is 11.1 Å². The Bertz CT molecular complexity index is 1170. The summed E-state index contributed by atoms with van der Waals surface area (Å²) in [5.41, 5.74) is 8.36. The van der Waals surface area contributed by atoms with Gasteiger partial charge in [0.15, 0.2) is 0 Å². The number of carbonyl (C=O) groups excluding carboxylic acids is 1. The number of guanidine groups is 1. The third-order valence-electron chi connectivity index (χ3n) is 5.70. The van der Waals surface area contributed by atoms with Crippen LogP contribution in [0.25, 0.3) is 0 Å². The third kappa shape index (κ3) is 4.27. The second kappa shape index (κ2) is 8.99. The summed E-state index contributed by atoms with van der Waals surface area (Å²) in [4.78, 5) is 18.6. The van der Waals surface area contributed by atoms with E-state index in [0.717, 1.165) is 34.0 Å². The summed E-state index contributed by atoms with van der Waals surface area (Å²) >= 11 is 6.06. The highest BCUT2D eigenvalue weighted by Crippen LogP contribution is 2.33. The molecule has 2 aromatic carbocycles. The van der Waals surface area contributed by atoms with Crippen molar-refractivity contribution in [3.05, 3.63) is 58.6 Å². The number of nitrogens with zero attached hydrogens (tertiary/aromatic N) is 3. The van der Waals surface area contributed by atoms with Crippen LogP contribution < -0.4 is 16.0 Å². The summed E-state index contributed by atoms with van der Waals surface area (Å²) in [5, 5.41) is 3.46. The van der Waals surface area contributed by atoms with Crippen LogP contribution in [0.2, 0.25) is 5.02 Å². The van der Waals surface area contributed by atoms with Gasteiger partial charge in [0.05, 0.1) is 17.5 Å². The lowest BCUT2D eigenvalue weighted by Crippen LogP contribution is -2.39. The molecule has 32 heavy (non-hydrogen) atoms. The molecule has 0 radical (unpaired) electrons. The van der Waals surface area contributed by atoms with E-state index in [-0.39, 0.29) is 23.4 Å². The van der Waals surface area contributed by atoms with Crippen molar-refractivity contribution in [3.8, 4) is 0 Å². The largest absolute Gasteiger partial charge is 0.369 e. The van der Waals surface area contributed by atoms with Crippen LogP contribution >= 0.6 is 11.6 Å². The summed E-state index contributed by atoms with van der Waals surface area (Å²) in [6.07, 6.45) is 2.51. The number of rotatable bonds is 6. The first-order valence-corrected chi connectivity index (χ1v) is 12.4. The average Bonchev–Trinajstić information content (AvgIpc) is 3.37. The smallest absolute Gasteiger partial charge is 0.321 e. The Hall–Kier alpha value is -2.78. The Kier molecular flexibility index (Phi) is 6.30. The first kappa shape index (κ1) is 22.4. The molecule has 2 aromatic rings. The summed E-state index contributed by atoms with van der Waals surface area (Å²) in [5.74, 6) is -0.0487. The zero-order valence-corrected chi connectivity index (χ0v) is 19.4. The molecular weight excluding hydrogens is 450 g/mol. The van der Waals surface area contributed by atoms with Gasteiger partial charge in [-0.2, -0.15) is 0 Å². The van der Waals surface area contributed by atoms with Gasteiger partial charge in [0.2, 0.25) is 5.96 Å². The number of aliphatic imine (C=N–C) groups is 1. The van der Waals surface area contributed by atoms with Crippen LogP contribution in [0, 0.1) is 0 Å². The predicted octanol–water partition coefficient (Wildman–Crippen LogP) is 3.27. The fourth-order valence-electron chi connectivity index (χ4n) is 3.97. The van der Waals surface area contributed by atoms with Crippen molar-refractivity contribution in [1.82, 2.24) is 9.62 Å². The van der Waals surface area contributed by atoms with Crippen LogP contribution in [0.3, 0.4) is 0 Å². The highest BCUT2D eigenvalue weighted by Gasteiger charge is 2.35. The summed E-state index contributed by atoms with van der Waals surface area (Å²) in [6.45, 7) is 3.31. The van der Waals surface area contributed by atoms with E-state index in [1.807, 2.05) is 6.07 Å². The Morgan fingerprint density at radius 2 is 2.09 bits per heavy atom. The summed E-state index contributed by atoms with van der Waals surface area (Å²) in [6, 6.07) is 11.4. The molecule has 0 unspecified atom stereocenters. The molecule has 3 N–H and O–H groups in total. The Labute approximate surface area is 193 Å². The van der Waals surface area contributed by atoms with Crippen molar-refractivity contribution < 1.29 is 13.2 Å². The number of nitrogens with one attached hydrogen (secondary N) is 1. The number of anilines is 1. The van der Waals surface area contributed by atoms with Gasteiger partial charge in [0.25, 0.3) is 10.0 Å². The molecule has 0 spiro atoms. The zero-order chi connectivity index (χ0) is 22.9. The lowest BCUT2D eigenvalue weighted by atomic mass is 10.1. The maximum atomic E-state index is 13.3. The van der Waals surface area contributed by atoms with Crippen LogP contribution in [0.15, 0.2) is 52.4 Å². The van der Waals surface area contributed by atoms with Crippen LogP contribution in [-0.2, 0) is 16.4 Å². The van der Waals surface area contributed by atoms with E-state index in [2.05, 4.69) is 17.2 Å². The number of unbranched alkanes of at least 4 members (excludes halogenated alkanes) is 1. The van der Waals surface area contributed by atoms with Crippen molar-refractivity contribution in [2.24, 2.45) is 10.7 Å². The Morgan fingerprint density at radius 3 is 2.84 bits per heavy atom. The molecule has 1 atom stereocenters. The van der Waals surface area contributed by atoms with E-state index in [4.69, 9.17) is 17.3 Å². The van der Waals surface area contributed by atoms with Crippen molar-refractivity contribution in [2.45, 2.75) is 37.1 Å². The molecule has 0 bridgehead atoms. The first-order valence-electron chi connectivity index (χ1n) is 10.6. The van der Waals surface area contributed by atoms with E-state index in [0.29, 0.717) is 24.5 Å². The molecule has 0 saturated carbocycles. The summed E-state index contributed by atoms with van der Waals surface area (Å²) in [7, 11) is -3.89. The van der Waals surface area contributed by atoms with Gasteiger partial charge in [-0.15, -0.1) is 0 Å². The van der Waals surface area contributed by atoms with E-state index in [1.165, 1.54) is 6.07 Å². The number of carbonyl (C=O) groups is 1. The Morgan fingerprint density at radius 1 is 1.28 bits per heavy atom. The lowest BCUT2D eigenvalue weighted by molar-refractivity contribution is 0.246. The molecule has 2 aliphatic heterocycles. The number of hydrogen-bond acceptors (Lipinski definition) is 5. The standard InChI is InChI=1S/C22H26ClN5O3S/c1-2-3-10-25-22(29)27-11-9-16-13-18(7-8-20(16)27)32(30,31)28-14-19(26-21(28)24)15-5-4-6-17(23)12-15/h4-8,12-13,19H,2-3,9-11,14H2,1H3,(H2,24,26)(H,25,29)/t19-/m1/s1. The molecule has 0 fully saturated rings. The van der Waals surface area contributed by atoms with Gasteiger partial charge in [0, 0.05) is 23.8 Å². The van der Waals surface area contributed by atoms with Crippen molar-refractivity contribution in [2.75, 3.05) is 24.5 Å². The number of hydrogen-bond donors (Lipinski definition) is 2. The second-order valence-electron chi connectivity index (χ2n) is 7.87. The van der Waals surface area contributed by atoms with E-state index < -0.39 is 16.1 Å². The van der Waals surface area contributed by atoms with Crippen LogP contribution in [0.5, 0.6) is 0 Å². The molecule has 0 saturated heterocycles. The van der Waals surface area contributed by atoms with Crippen LogP contribution in [0.4, 0.5) is 10.5 Å². The molecule has 0 aliphatic carbocycles. The maximum Gasteiger partial charge on any atom is 0.321 e. The number of urea groups is 1. The quantitative estimate of drug-likeness (QED) is 0.625. The van der Waals surface area contributed by atoms with Gasteiger partial charge >= 0.3 is 6.03 Å². The van der Waals surface area contributed by atoms with Crippen LogP contribution in [-0.4, -0.2) is 44.3 Å². The molecule has 2 aliphatic rings. The van der Waals surface area contributed by atoms with Gasteiger partial charge in [-0.25, -0.2) is 22.5 Å². The maximum absolute atomic E-state index is 13.3. The average molecular weight is 476 g/mol. The molecule has 4 rings (SSSR count). The van der Waals surface area contributed by atoms with E-state index in [9.17, 15) is 13.2 Å². The molecule has 2 amide bonds. The fourth-order valence-corrected chi connectivity index (χ4v) is 5.59. The number of amides is 2. The number of halogens is 1. The predicted molar refractivity (Wildman–Crippen MR) is 126 cm³/mol. The SMILES string of the molecule is CCCCNC(=O)N1CCc2cc(S(=O)(=O)N3C[C@H](c4cccc(Cl)c4)N=C3N)ccc21.